The summed E-state index contributed by atoms with van der Waals surface area (Å²) in [5.74, 6) is -2.83. The Bertz CT molecular complexity index is 966. The van der Waals surface area contributed by atoms with Gasteiger partial charge in [0.25, 0.3) is 0 Å². The highest BCUT2D eigenvalue weighted by Gasteiger charge is 2.40. The molecule has 0 aromatic heterocycles. The molecule has 33 heavy (non-hydrogen) atoms. The molecular weight excluding hydrogens is 422 g/mol. The summed E-state index contributed by atoms with van der Waals surface area (Å²) in [7, 11) is 0. The molecule has 176 valence electrons. The average molecular weight is 454 g/mol. The van der Waals surface area contributed by atoms with E-state index < -0.39 is 29.9 Å². The zero-order valence-corrected chi connectivity index (χ0v) is 18.6. The largest absolute Gasteiger partial charge is 0.481 e. The molecule has 2 aromatic rings. The van der Waals surface area contributed by atoms with Crippen molar-refractivity contribution in [1.29, 1.82) is 0 Å². The molecule has 1 heterocycles. The van der Waals surface area contributed by atoms with E-state index >= 15 is 0 Å². The maximum absolute atomic E-state index is 13.6. The van der Waals surface area contributed by atoms with Crippen LogP contribution >= 0.6 is 0 Å². The lowest BCUT2D eigenvalue weighted by Gasteiger charge is -2.32. The van der Waals surface area contributed by atoms with E-state index in [0.29, 0.717) is 44.5 Å². The van der Waals surface area contributed by atoms with Gasteiger partial charge in [0.05, 0.1) is 5.92 Å². The van der Waals surface area contributed by atoms with Gasteiger partial charge < -0.3 is 20.8 Å². The van der Waals surface area contributed by atoms with Crippen molar-refractivity contribution in [1.82, 2.24) is 4.90 Å². The molecule has 0 fully saturated rings. The minimum atomic E-state index is -1.08. The summed E-state index contributed by atoms with van der Waals surface area (Å²) in [5, 5.41) is 19.6. The number of fused-ring (bicyclic) bond motifs is 1. The summed E-state index contributed by atoms with van der Waals surface area (Å²) < 4.78 is 0. The molecule has 0 saturated heterocycles. The second-order valence-electron chi connectivity index (χ2n) is 8.34. The first-order valence-electron chi connectivity index (χ1n) is 11.3. The number of nitrogens with two attached hydrogens (primary N) is 1. The first-order valence-corrected chi connectivity index (χ1v) is 11.3. The Morgan fingerprint density at radius 3 is 2.39 bits per heavy atom. The summed E-state index contributed by atoms with van der Waals surface area (Å²) in [6.07, 6.45) is 2.47. The molecule has 1 aliphatic heterocycles. The van der Waals surface area contributed by atoms with Crippen LogP contribution in [0.5, 0.6) is 0 Å². The van der Waals surface area contributed by atoms with Crippen molar-refractivity contribution < 1.29 is 24.6 Å². The van der Waals surface area contributed by atoms with Crippen LogP contribution in [0, 0.1) is 5.92 Å². The van der Waals surface area contributed by atoms with Crippen LogP contribution in [0.15, 0.2) is 54.6 Å². The number of hydrogen-bond donors (Lipinski definition) is 3. The van der Waals surface area contributed by atoms with Crippen molar-refractivity contribution in [2.75, 3.05) is 24.5 Å². The third-order valence-electron chi connectivity index (χ3n) is 6.03. The van der Waals surface area contributed by atoms with Gasteiger partial charge in [-0.05, 0) is 49.4 Å². The van der Waals surface area contributed by atoms with Crippen molar-refractivity contribution in [3.63, 3.8) is 0 Å². The van der Waals surface area contributed by atoms with E-state index in [1.165, 1.54) is 9.80 Å². The van der Waals surface area contributed by atoms with E-state index in [-0.39, 0.29) is 13.0 Å². The van der Waals surface area contributed by atoms with E-state index in [1.54, 1.807) is 12.1 Å². The van der Waals surface area contributed by atoms with Crippen LogP contribution in [0.3, 0.4) is 0 Å². The summed E-state index contributed by atoms with van der Waals surface area (Å²) in [5.41, 5.74) is 8.00. The molecule has 0 bridgehead atoms. The number of urea groups is 1. The lowest BCUT2D eigenvalue weighted by molar-refractivity contribution is -0.142. The standard InChI is InChI=1S/C25H31N3O5/c26-14-6-7-15-27(17-20(23(29)30)13-12-18-8-2-1-3-9-18)25(33)28-21-11-5-4-10-19(21)16-22(28)24(31)32/h1-5,8-11,20,22H,6-7,12-17,26H2,(H,29,30)(H,31,32)/t20-,22?/m0/s1. The number of anilines is 1. The van der Waals surface area contributed by atoms with Crippen LogP contribution in [-0.4, -0.2) is 58.8 Å². The number of unbranched alkanes of at least 4 members (excludes halogenated alkanes) is 1. The summed E-state index contributed by atoms with van der Waals surface area (Å²) >= 11 is 0. The van der Waals surface area contributed by atoms with Gasteiger partial charge in [-0.3, -0.25) is 9.69 Å². The predicted octanol–water partition coefficient (Wildman–Crippen LogP) is 3.00. The second kappa shape index (κ2) is 11.5. The zero-order chi connectivity index (χ0) is 23.8. The van der Waals surface area contributed by atoms with Gasteiger partial charge in [-0.15, -0.1) is 0 Å². The van der Waals surface area contributed by atoms with Gasteiger partial charge in [-0.25, -0.2) is 9.59 Å². The number of benzene rings is 2. The van der Waals surface area contributed by atoms with Gasteiger partial charge >= 0.3 is 18.0 Å². The van der Waals surface area contributed by atoms with Crippen molar-refractivity contribution in [2.45, 2.75) is 38.1 Å². The molecule has 1 unspecified atom stereocenters. The Labute approximate surface area is 193 Å². The number of hydrogen-bond acceptors (Lipinski definition) is 4. The summed E-state index contributed by atoms with van der Waals surface area (Å²) in [6.45, 7) is 0.787. The number of nitrogens with zero attached hydrogens (tertiary/aromatic N) is 2. The van der Waals surface area contributed by atoms with Crippen molar-refractivity contribution in [2.24, 2.45) is 11.7 Å². The number of carbonyl (C=O) groups is 3. The van der Waals surface area contributed by atoms with Crippen LogP contribution in [-0.2, 0) is 22.4 Å². The average Bonchev–Trinajstić information content (AvgIpc) is 3.21. The monoisotopic (exact) mass is 453 g/mol. The number of carbonyl (C=O) groups excluding carboxylic acids is 1. The number of carboxylic acid groups (broad SMARTS) is 2. The minimum absolute atomic E-state index is 0.0105. The fourth-order valence-corrected chi connectivity index (χ4v) is 4.23. The third kappa shape index (κ3) is 6.10. The SMILES string of the molecule is NCCCCN(C[C@H](CCc1ccccc1)C(=O)O)C(=O)N1c2ccccc2CC1C(=O)O. The molecule has 1 aliphatic rings. The quantitative estimate of drug-likeness (QED) is 0.449. The van der Waals surface area contributed by atoms with Gasteiger partial charge in [-0.1, -0.05) is 48.5 Å². The van der Waals surface area contributed by atoms with Crippen LogP contribution in [0.1, 0.15) is 30.4 Å². The highest BCUT2D eigenvalue weighted by Crippen LogP contribution is 2.33. The molecule has 0 saturated carbocycles. The summed E-state index contributed by atoms with van der Waals surface area (Å²) in [6, 6.07) is 15.3. The van der Waals surface area contributed by atoms with E-state index in [1.807, 2.05) is 42.5 Å². The number of carboxylic acids is 2. The molecule has 2 aromatic carbocycles. The molecule has 8 nitrogen and oxygen atoms in total. The molecule has 4 N–H and O–H groups in total. The van der Waals surface area contributed by atoms with Crippen LogP contribution in [0.4, 0.5) is 10.5 Å². The fraction of sp³-hybridized carbons (Fsp3) is 0.400. The molecule has 2 atom stereocenters. The topological polar surface area (TPSA) is 124 Å². The van der Waals surface area contributed by atoms with Gasteiger partial charge in [0.15, 0.2) is 0 Å². The maximum atomic E-state index is 13.6. The number of rotatable bonds is 11. The fourth-order valence-electron chi connectivity index (χ4n) is 4.23. The predicted molar refractivity (Wildman–Crippen MR) is 125 cm³/mol. The Balaban J connectivity index is 1.81. The highest BCUT2D eigenvalue weighted by molar-refractivity contribution is 6.01. The van der Waals surface area contributed by atoms with E-state index in [2.05, 4.69) is 0 Å². The number of aryl methyl sites for hydroxylation is 1. The van der Waals surface area contributed by atoms with Crippen molar-refractivity contribution in [3.8, 4) is 0 Å². The minimum Gasteiger partial charge on any atom is -0.481 e. The molecule has 0 aliphatic carbocycles. The van der Waals surface area contributed by atoms with E-state index in [9.17, 15) is 24.6 Å². The second-order valence-corrected chi connectivity index (χ2v) is 8.34. The lowest BCUT2D eigenvalue weighted by atomic mass is 9.99. The number of amides is 2. The molecule has 0 radical (unpaired) electrons. The molecule has 0 spiro atoms. The Morgan fingerprint density at radius 2 is 1.73 bits per heavy atom. The molecule has 3 rings (SSSR count). The Morgan fingerprint density at radius 1 is 1.03 bits per heavy atom. The van der Waals surface area contributed by atoms with Crippen molar-refractivity contribution >= 4 is 23.7 Å². The van der Waals surface area contributed by atoms with Crippen molar-refractivity contribution in [3.05, 3.63) is 65.7 Å². The first-order chi connectivity index (χ1) is 15.9. The van der Waals surface area contributed by atoms with E-state index in [0.717, 1.165) is 11.1 Å². The van der Waals surface area contributed by atoms with Crippen LogP contribution < -0.4 is 10.6 Å². The lowest BCUT2D eigenvalue weighted by Crippen LogP contribution is -2.51. The van der Waals surface area contributed by atoms with Gasteiger partial charge in [0, 0.05) is 25.2 Å². The molecule has 2 amide bonds. The smallest absolute Gasteiger partial charge is 0.327 e. The summed E-state index contributed by atoms with van der Waals surface area (Å²) in [4.78, 5) is 40.4. The van der Waals surface area contributed by atoms with Crippen LogP contribution in [0.25, 0.3) is 0 Å². The van der Waals surface area contributed by atoms with Gasteiger partial charge in [-0.2, -0.15) is 0 Å². The maximum Gasteiger partial charge on any atom is 0.327 e. The van der Waals surface area contributed by atoms with Gasteiger partial charge in [0.1, 0.15) is 6.04 Å². The number of aliphatic carboxylic acids is 2. The zero-order valence-electron chi connectivity index (χ0n) is 18.6. The first kappa shape index (κ1) is 24.3. The highest BCUT2D eigenvalue weighted by atomic mass is 16.4. The van der Waals surface area contributed by atoms with Gasteiger partial charge in [0.2, 0.25) is 0 Å². The Hall–Kier alpha value is -3.39. The van der Waals surface area contributed by atoms with E-state index in [4.69, 9.17) is 5.73 Å². The number of para-hydroxylation sites is 1. The Kier molecular flexibility index (Phi) is 8.43. The molecular formula is C25H31N3O5. The normalized spacial score (nSPS) is 15.7. The molecule has 8 heteroatoms. The van der Waals surface area contributed by atoms with Crippen LogP contribution in [0.2, 0.25) is 0 Å². The third-order valence-corrected chi connectivity index (χ3v) is 6.03.